The van der Waals surface area contributed by atoms with Gasteiger partial charge in [0.2, 0.25) is 5.88 Å². The van der Waals surface area contributed by atoms with Crippen LogP contribution in [-0.2, 0) is 17.8 Å². The Hall–Kier alpha value is -1.23. The highest BCUT2D eigenvalue weighted by Gasteiger charge is 2.19. The number of imidazole rings is 1. The minimum absolute atomic E-state index is 0.0677. The van der Waals surface area contributed by atoms with E-state index in [2.05, 4.69) is 20.8 Å². The molecule has 0 radical (unpaired) electrons. The van der Waals surface area contributed by atoms with Crippen LogP contribution in [0.4, 0.5) is 0 Å². The molecule has 140 valence electrons. The minimum atomic E-state index is -0.119. The Morgan fingerprint density at radius 2 is 1.75 bits per heavy atom. The molecule has 0 saturated carbocycles. The van der Waals surface area contributed by atoms with E-state index in [9.17, 15) is 9.90 Å². The maximum absolute atomic E-state index is 12.1. The third-order valence-electron chi connectivity index (χ3n) is 4.66. The van der Waals surface area contributed by atoms with Gasteiger partial charge >= 0.3 is 5.69 Å². The molecule has 0 spiro atoms. The van der Waals surface area contributed by atoms with Gasteiger partial charge < -0.3 is 9.84 Å². The molecule has 1 aromatic rings. The fourth-order valence-corrected chi connectivity index (χ4v) is 2.86. The summed E-state index contributed by atoms with van der Waals surface area (Å²) in [5.41, 5.74) is 0.0360. The highest BCUT2D eigenvalue weighted by molar-refractivity contribution is 5.05. The van der Waals surface area contributed by atoms with Crippen LogP contribution in [0.25, 0.3) is 0 Å². The van der Waals surface area contributed by atoms with Gasteiger partial charge in [0, 0.05) is 26.3 Å². The molecule has 0 aliphatic heterocycles. The Labute approximate surface area is 146 Å². The van der Waals surface area contributed by atoms with Crippen molar-refractivity contribution in [2.45, 2.75) is 85.7 Å². The molecular weight excluding hydrogens is 304 g/mol. The van der Waals surface area contributed by atoms with Crippen LogP contribution < -0.4 is 5.69 Å². The molecule has 0 atom stereocenters. The first kappa shape index (κ1) is 20.8. The number of ether oxygens (including phenoxy) is 1. The SMILES string of the molecule is CCCCCOCCCCC(C)(C)CCn1c(O)cn(CC)c1=O. The summed E-state index contributed by atoms with van der Waals surface area (Å²) in [5.74, 6) is 0.0677. The zero-order valence-electron chi connectivity index (χ0n) is 16.0. The van der Waals surface area contributed by atoms with Crippen LogP contribution in [0.3, 0.4) is 0 Å². The molecule has 0 aliphatic carbocycles. The van der Waals surface area contributed by atoms with Crippen LogP contribution in [-0.4, -0.2) is 27.5 Å². The van der Waals surface area contributed by atoms with E-state index in [-0.39, 0.29) is 17.0 Å². The van der Waals surface area contributed by atoms with Crippen LogP contribution in [0.1, 0.15) is 72.6 Å². The lowest BCUT2D eigenvalue weighted by Gasteiger charge is -2.24. The van der Waals surface area contributed by atoms with E-state index >= 15 is 0 Å². The average molecular weight is 341 g/mol. The van der Waals surface area contributed by atoms with Gasteiger partial charge in [0.1, 0.15) is 0 Å². The molecule has 1 rings (SSSR count). The minimum Gasteiger partial charge on any atom is -0.493 e. The number of aromatic hydroxyl groups is 1. The zero-order valence-corrected chi connectivity index (χ0v) is 16.0. The third kappa shape index (κ3) is 7.12. The summed E-state index contributed by atoms with van der Waals surface area (Å²) in [6, 6.07) is 0. The third-order valence-corrected chi connectivity index (χ3v) is 4.66. The van der Waals surface area contributed by atoms with Gasteiger partial charge in [-0.05, 0) is 38.0 Å². The van der Waals surface area contributed by atoms with E-state index < -0.39 is 0 Å². The Morgan fingerprint density at radius 1 is 1.08 bits per heavy atom. The van der Waals surface area contributed by atoms with Crippen molar-refractivity contribution in [3.05, 3.63) is 16.7 Å². The number of unbranched alkanes of at least 4 members (excludes halogenated alkanes) is 3. The van der Waals surface area contributed by atoms with Gasteiger partial charge in [0.05, 0.1) is 6.20 Å². The lowest BCUT2D eigenvalue weighted by Crippen LogP contribution is -2.26. The fraction of sp³-hybridized carbons (Fsp3) is 0.842. The van der Waals surface area contributed by atoms with Crippen LogP contribution in [0.5, 0.6) is 5.88 Å². The second kappa shape index (κ2) is 10.6. The molecule has 0 bridgehead atoms. The number of nitrogens with zero attached hydrogens (tertiary/aromatic N) is 2. The summed E-state index contributed by atoms with van der Waals surface area (Å²) in [5, 5.41) is 9.90. The first-order chi connectivity index (χ1) is 11.4. The topological polar surface area (TPSA) is 56.4 Å². The van der Waals surface area contributed by atoms with E-state index in [1.54, 1.807) is 0 Å². The summed E-state index contributed by atoms with van der Waals surface area (Å²) in [6.07, 6.45) is 9.38. The van der Waals surface area contributed by atoms with Gasteiger partial charge in [-0.15, -0.1) is 0 Å². The Morgan fingerprint density at radius 3 is 2.33 bits per heavy atom. The lowest BCUT2D eigenvalue weighted by molar-refractivity contribution is 0.122. The van der Waals surface area contributed by atoms with Crippen molar-refractivity contribution in [1.82, 2.24) is 9.13 Å². The van der Waals surface area contributed by atoms with Crippen LogP contribution in [0.2, 0.25) is 0 Å². The van der Waals surface area contributed by atoms with Crippen molar-refractivity contribution in [1.29, 1.82) is 0 Å². The first-order valence-corrected chi connectivity index (χ1v) is 9.48. The van der Waals surface area contributed by atoms with Gasteiger partial charge in [0.15, 0.2) is 0 Å². The molecule has 1 N–H and O–H groups in total. The van der Waals surface area contributed by atoms with E-state index in [1.165, 1.54) is 28.2 Å². The monoisotopic (exact) mass is 340 g/mol. The molecule has 0 unspecified atom stereocenters. The highest BCUT2D eigenvalue weighted by Crippen LogP contribution is 2.28. The second-order valence-corrected chi connectivity index (χ2v) is 7.40. The summed E-state index contributed by atoms with van der Waals surface area (Å²) < 4.78 is 8.66. The molecule has 5 nitrogen and oxygen atoms in total. The molecule has 0 fully saturated rings. The van der Waals surface area contributed by atoms with Crippen molar-refractivity contribution in [3.8, 4) is 5.88 Å². The molecule has 5 heteroatoms. The maximum atomic E-state index is 12.1. The van der Waals surface area contributed by atoms with E-state index in [4.69, 9.17) is 4.74 Å². The Balaban J connectivity index is 2.27. The predicted molar refractivity (Wildman–Crippen MR) is 98.6 cm³/mol. The largest absolute Gasteiger partial charge is 0.493 e. The summed E-state index contributed by atoms with van der Waals surface area (Å²) >= 11 is 0. The maximum Gasteiger partial charge on any atom is 0.331 e. The van der Waals surface area contributed by atoms with Crippen LogP contribution in [0, 0.1) is 5.41 Å². The summed E-state index contributed by atoms with van der Waals surface area (Å²) in [4.78, 5) is 12.1. The smallest absolute Gasteiger partial charge is 0.331 e. The van der Waals surface area contributed by atoms with Crippen LogP contribution in [0.15, 0.2) is 11.0 Å². The molecule has 0 aliphatic rings. The van der Waals surface area contributed by atoms with Gasteiger partial charge in [0.25, 0.3) is 0 Å². The van der Waals surface area contributed by atoms with Crippen molar-refractivity contribution in [2.24, 2.45) is 5.41 Å². The fourth-order valence-electron chi connectivity index (χ4n) is 2.86. The van der Waals surface area contributed by atoms with E-state index in [0.717, 1.165) is 45.3 Å². The Bertz CT molecular complexity index is 517. The van der Waals surface area contributed by atoms with E-state index in [1.807, 2.05) is 6.92 Å². The van der Waals surface area contributed by atoms with Crippen molar-refractivity contribution < 1.29 is 9.84 Å². The summed E-state index contributed by atoms with van der Waals surface area (Å²) in [7, 11) is 0. The highest BCUT2D eigenvalue weighted by atomic mass is 16.5. The molecule has 0 amide bonds. The molecule has 1 aromatic heterocycles. The van der Waals surface area contributed by atoms with Crippen molar-refractivity contribution in [3.63, 3.8) is 0 Å². The molecule has 1 heterocycles. The number of hydrogen-bond acceptors (Lipinski definition) is 3. The second-order valence-electron chi connectivity index (χ2n) is 7.40. The van der Waals surface area contributed by atoms with Gasteiger partial charge in [-0.3, -0.25) is 9.13 Å². The first-order valence-electron chi connectivity index (χ1n) is 9.48. The molecular formula is C19H36N2O3. The molecule has 0 aromatic carbocycles. The average Bonchev–Trinajstić information content (AvgIpc) is 2.82. The number of aryl methyl sites for hydroxylation is 1. The Kier molecular flexibility index (Phi) is 9.19. The zero-order chi connectivity index (χ0) is 18.0. The number of rotatable bonds is 13. The molecule has 24 heavy (non-hydrogen) atoms. The van der Waals surface area contributed by atoms with E-state index in [0.29, 0.717) is 13.1 Å². The predicted octanol–water partition coefficient (Wildman–Crippen LogP) is 4.17. The lowest BCUT2D eigenvalue weighted by atomic mass is 9.84. The standard InChI is InChI=1S/C19H36N2O3/c1-5-7-9-14-24-15-10-8-11-19(3,4)12-13-21-17(22)16-20(6-2)18(21)23/h16,22H,5-15H2,1-4H3. The van der Waals surface area contributed by atoms with Gasteiger partial charge in [-0.2, -0.15) is 0 Å². The molecule has 0 saturated heterocycles. The van der Waals surface area contributed by atoms with Crippen molar-refractivity contribution in [2.75, 3.05) is 13.2 Å². The van der Waals surface area contributed by atoms with Gasteiger partial charge in [-0.1, -0.05) is 40.0 Å². The number of aromatic nitrogens is 2. The number of hydrogen-bond donors (Lipinski definition) is 1. The summed E-state index contributed by atoms with van der Waals surface area (Å²) in [6.45, 7) is 11.4. The normalized spacial score (nSPS) is 12.0. The van der Waals surface area contributed by atoms with Crippen molar-refractivity contribution >= 4 is 0 Å². The van der Waals surface area contributed by atoms with Gasteiger partial charge in [-0.25, -0.2) is 4.79 Å². The van der Waals surface area contributed by atoms with Crippen LogP contribution >= 0.6 is 0 Å². The quantitative estimate of drug-likeness (QED) is 0.548.